The molecule has 0 saturated heterocycles. The molecule has 0 bridgehead atoms. The maximum Gasteiger partial charge on any atom is 0.264 e. The van der Waals surface area contributed by atoms with Crippen LogP contribution in [0.3, 0.4) is 0 Å². The normalized spacial score (nSPS) is 11.2. The molecule has 0 aromatic carbocycles. The van der Waals surface area contributed by atoms with Gasteiger partial charge in [0, 0.05) is 12.4 Å². The molecular weight excluding hydrogens is 350 g/mol. The predicted octanol–water partition coefficient (Wildman–Crippen LogP) is 4.43. The highest BCUT2D eigenvalue weighted by Gasteiger charge is 2.22. The second-order valence-corrected chi connectivity index (χ2v) is 7.09. The lowest BCUT2D eigenvalue weighted by Crippen LogP contribution is -2.25. The molecule has 7 heteroatoms. The van der Waals surface area contributed by atoms with E-state index in [4.69, 9.17) is 8.83 Å². The van der Waals surface area contributed by atoms with Crippen LogP contribution in [0.15, 0.2) is 45.6 Å². The third kappa shape index (κ3) is 2.80. The molecule has 6 nitrogen and oxygen atoms in total. The lowest BCUT2D eigenvalue weighted by molar-refractivity contribution is 0.0779. The summed E-state index contributed by atoms with van der Waals surface area (Å²) in [6.07, 6.45) is 3.20. The zero-order valence-corrected chi connectivity index (χ0v) is 15.5. The van der Waals surface area contributed by atoms with Crippen LogP contribution in [0.4, 0.5) is 0 Å². The summed E-state index contributed by atoms with van der Waals surface area (Å²) in [6, 6.07) is 7.29. The van der Waals surface area contributed by atoms with Gasteiger partial charge in [-0.2, -0.15) is 0 Å². The Morgan fingerprint density at radius 3 is 2.62 bits per heavy atom. The van der Waals surface area contributed by atoms with Gasteiger partial charge < -0.3 is 13.7 Å². The van der Waals surface area contributed by atoms with Gasteiger partial charge in [-0.25, -0.2) is 9.97 Å². The van der Waals surface area contributed by atoms with Gasteiger partial charge in [0.05, 0.1) is 29.6 Å². The standard InChI is InChI=1S/C19H17N3O3S/c1-11-15-12(2)20-17(14-7-5-9-25-14)21-18(15)26-16(11)19(23)22(3)10-13-6-4-8-24-13/h4-9H,10H2,1-3H3. The molecule has 0 fully saturated rings. The number of nitrogens with zero attached hydrogens (tertiary/aromatic N) is 3. The third-order valence-corrected chi connectivity index (χ3v) is 5.40. The summed E-state index contributed by atoms with van der Waals surface area (Å²) < 4.78 is 10.7. The van der Waals surface area contributed by atoms with Gasteiger partial charge in [0.1, 0.15) is 10.6 Å². The van der Waals surface area contributed by atoms with Crippen LogP contribution in [-0.4, -0.2) is 27.8 Å². The highest BCUT2D eigenvalue weighted by Crippen LogP contribution is 2.33. The van der Waals surface area contributed by atoms with E-state index in [0.29, 0.717) is 23.0 Å². The molecule has 0 aliphatic rings. The molecule has 0 aliphatic heterocycles. The number of aryl methyl sites for hydroxylation is 2. The van der Waals surface area contributed by atoms with Gasteiger partial charge in [0.25, 0.3) is 5.91 Å². The van der Waals surface area contributed by atoms with E-state index in [1.807, 2.05) is 32.0 Å². The minimum atomic E-state index is -0.0548. The fourth-order valence-electron chi connectivity index (χ4n) is 2.94. The second-order valence-electron chi connectivity index (χ2n) is 6.09. The van der Waals surface area contributed by atoms with Gasteiger partial charge in [-0.05, 0) is 43.7 Å². The van der Waals surface area contributed by atoms with E-state index in [-0.39, 0.29) is 5.91 Å². The highest BCUT2D eigenvalue weighted by atomic mass is 32.1. The summed E-state index contributed by atoms with van der Waals surface area (Å²) in [5.74, 6) is 1.84. The molecular formula is C19H17N3O3S. The lowest BCUT2D eigenvalue weighted by Gasteiger charge is -2.15. The second kappa shape index (κ2) is 6.42. The fraction of sp³-hybridized carbons (Fsp3) is 0.211. The van der Waals surface area contributed by atoms with E-state index >= 15 is 0 Å². The molecule has 4 heterocycles. The van der Waals surface area contributed by atoms with Crippen LogP contribution in [0, 0.1) is 13.8 Å². The van der Waals surface area contributed by atoms with Crippen LogP contribution >= 0.6 is 11.3 Å². The topological polar surface area (TPSA) is 72.4 Å². The van der Waals surface area contributed by atoms with Crippen LogP contribution in [0.1, 0.15) is 26.7 Å². The number of carbonyl (C=O) groups excluding carboxylic acids is 1. The molecule has 1 amide bonds. The van der Waals surface area contributed by atoms with Crippen molar-refractivity contribution < 1.29 is 13.6 Å². The Labute approximate surface area is 154 Å². The average Bonchev–Trinajstić information content (AvgIpc) is 3.35. The van der Waals surface area contributed by atoms with Gasteiger partial charge in [0.2, 0.25) is 0 Å². The molecule has 0 spiro atoms. The fourth-order valence-corrected chi connectivity index (χ4v) is 4.17. The Hall–Kier alpha value is -2.93. The molecule has 4 aromatic heterocycles. The quantitative estimate of drug-likeness (QED) is 0.533. The summed E-state index contributed by atoms with van der Waals surface area (Å²) in [5.41, 5.74) is 1.74. The van der Waals surface area contributed by atoms with Gasteiger partial charge in [-0.1, -0.05) is 0 Å². The smallest absolute Gasteiger partial charge is 0.264 e. The zero-order chi connectivity index (χ0) is 18.3. The summed E-state index contributed by atoms with van der Waals surface area (Å²) >= 11 is 1.38. The van der Waals surface area contributed by atoms with Crippen molar-refractivity contribution in [3.05, 3.63) is 58.7 Å². The number of carbonyl (C=O) groups is 1. The first kappa shape index (κ1) is 16.5. The SMILES string of the molecule is Cc1nc(-c2ccco2)nc2sc(C(=O)N(C)Cc3ccco3)c(C)c12. The summed E-state index contributed by atoms with van der Waals surface area (Å²) in [6.45, 7) is 4.29. The monoisotopic (exact) mass is 367 g/mol. The summed E-state index contributed by atoms with van der Waals surface area (Å²) in [5, 5.41) is 0.931. The Morgan fingerprint density at radius 2 is 1.92 bits per heavy atom. The average molecular weight is 367 g/mol. The molecule has 132 valence electrons. The molecule has 0 unspecified atom stereocenters. The van der Waals surface area contributed by atoms with Crippen LogP contribution < -0.4 is 0 Å². The lowest BCUT2D eigenvalue weighted by atomic mass is 10.1. The van der Waals surface area contributed by atoms with Crippen molar-refractivity contribution in [1.29, 1.82) is 0 Å². The molecule has 4 rings (SSSR count). The van der Waals surface area contributed by atoms with E-state index in [2.05, 4.69) is 9.97 Å². The minimum absolute atomic E-state index is 0.0548. The zero-order valence-electron chi connectivity index (χ0n) is 14.6. The first-order valence-electron chi connectivity index (χ1n) is 8.14. The number of rotatable bonds is 4. The number of fused-ring (bicyclic) bond motifs is 1. The van der Waals surface area contributed by atoms with Crippen LogP contribution in [0.2, 0.25) is 0 Å². The Balaban J connectivity index is 1.72. The van der Waals surface area contributed by atoms with Gasteiger partial charge in [0.15, 0.2) is 11.6 Å². The Bertz CT molecular complexity index is 1070. The number of furan rings is 2. The van der Waals surface area contributed by atoms with Crippen molar-refractivity contribution in [1.82, 2.24) is 14.9 Å². The van der Waals surface area contributed by atoms with Crippen molar-refractivity contribution in [2.24, 2.45) is 0 Å². The number of amides is 1. The van der Waals surface area contributed by atoms with E-state index in [1.165, 1.54) is 11.3 Å². The molecule has 0 aliphatic carbocycles. The number of hydrogen-bond donors (Lipinski definition) is 0. The molecule has 0 saturated carbocycles. The van der Waals surface area contributed by atoms with Crippen LogP contribution in [-0.2, 0) is 6.54 Å². The van der Waals surface area contributed by atoms with Gasteiger partial charge in [-0.15, -0.1) is 11.3 Å². The molecule has 4 aromatic rings. The van der Waals surface area contributed by atoms with Crippen molar-refractivity contribution in [3.8, 4) is 11.6 Å². The Morgan fingerprint density at radius 1 is 1.15 bits per heavy atom. The van der Waals surface area contributed by atoms with E-state index in [0.717, 1.165) is 27.2 Å². The van der Waals surface area contributed by atoms with Crippen molar-refractivity contribution >= 4 is 27.5 Å². The number of hydrogen-bond acceptors (Lipinski definition) is 6. The molecule has 0 N–H and O–H groups in total. The summed E-state index contributed by atoms with van der Waals surface area (Å²) in [7, 11) is 1.77. The van der Waals surface area contributed by atoms with E-state index < -0.39 is 0 Å². The van der Waals surface area contributed by atoms with Crippen molar-refractivity contribution in [3.63, 3.8) is 0 Å². The van der Waals surface area contributed by atoms with E-state index in [1.54, 1.807) is 30.5 Å². The maximum absolute atomic E-state index is 12.9. The molecule has 0 atom stereocenters. The van der Waals surface area contributed by atoms with Gasteiger partial charge >= 0.3 is 0 Å². The van der Waals surface area contributed by atoms with Crippen molar-refractivity contribution in [2.75, 3.05) is 7.05 Å². The number of aromatic nitrogens is 2. The molecule has 0 radical (unpaired) electrons. The Kier molecular flexibility index (Phi) is 4.08. The van der Waals surface area contributed by atoms with Gasteiger partial charge in [-0.3, -0.25) is 4.79 Å². The van der Waals surface area contributed by atoms with Crippen LogP contribution in [0.25, 0.3) is 21.8 Å². The largest absolute Gasteiger partial charge is 0.467 e. The van der Waals surface area contributed by atoms with Crippen LogP contribution in [0.5, 0.6) is 0 Å². The highest BCUT2D eigenvalue weighted by molar-refractivity contribution is 7.20. The maximum atomic E-state index is 12.9. The van der Waals surface area contributed by atoms with E-state index in [9.17, 15) is 4.79 Å². The predicted molar refractivity (Wildman–Crippen MR) is 99.1 cm³/mol. The third-order valence-electron chi connectivity index (χ3n) is 4.23. The van der Waals surface area contributed by atoms with Crippen molar-refractivity contribution in [2.45, 2.75) is 20.4 Å². The summed E-state index contributed by atoms with van der Waals surface area (Å²) in [4.78, 5) is 25.2. The molecule has 26 heavy (non-hydrogen) atoms. The minimum Gasteiger partial charge on any atom is -0.467 e. The first-order valence-corrected chi connectivity index (χ1v) is 8.95. The first-order chi connectivity index (χ1) is 12.5. The number of thiophene rings is 1.